The molecular formula is C12H16F2N6O. The van der Waals surface area contributed by atoms with Gasteiger partial charge in [-0.2, -0.15) is 13.9 Å². The Morgan fingerprint density at radius 2 is 2.05 bits per heavy atom. The van der Waals surface area contributed by atoms with Gasteiger partial charge in [0.2, 0.25) is 0 Å². The molecule has 0 saturated heterocycles. The van der Waals surface area contributed by atoms with E-state index >= 15 is 0 Å². The minimum atomic E-state index is -1.90. The molecule has 0 amide bonds. The van der Waals surface area contributed by atoms with Crippen molar-refractivity contribution in [2.24, 2.45) is 5.73 Å². The van der Waals surface area contributed by atoms with Gasteiger partial charge in [-0.15, -0.1) is 0 Å². The van der Waals surface area contributed by atoms with Crippen LogP contribution in [0.1, 0.15) is 13.8 Å². The fourth-order valence-corrected chi connectivity index (χ4v) is 1.40. The highest BCUT2D eigenvalue weighted by atomic mass is 19.3. The largest absolute Gasteiger partial charge is 0.351 e. The Bertz CT molecular complexity index is 645. The molecule has 2 N–H and O–H groups in total. The highest BCUT2D eigenvalue weighted by Gasteiger charge is 2.11. The van der Waals surface area contributed by atoms with Crippen LogP contribution in [0.15, 0.2) is 41.4 Å². The van der Waals surface area contributed by atoms with E-state index in [9.17, 15) is 13.6 Å². The van der Waals surface area contributed by atoms with E-state index in [0.29, 0.717) is 0 Å². The smallest absolute Gasteiger partial charge is 0.327 e. The summed E-state index contributed by atoms with van der Waals surface area (Å²) in [7, 11) is 0. The van der Waals surface area contributed by atoms with Crippen LogP contribution in [-0.2, 0) is 6.54 Å². The third kappa shape index (κ3) is 4.02. The quantitative estimate of drug-likeness (QED) is 0.907. The molecule has 7 nitrogen and oxygen atoms in total. The highest BCUT2D eigenvalue weighted by Crippen LogP contribution is 2.07. The van der Waals surface area contributed by atoms with Crippen molar-refractivity contribution in [1.29, 1.82) is 0 Å². The standard InChI is InChI=1S/C10H10F2N6O.C2H6/c11-9(12)7(3-13)5-18-10(19)17(6-16-18)8-4-14-1-2-15-8;1-2/h1-2,4,6H,3,5,13H2;1-2H3. The predicted molar refractivity (Wildman–Crippen MR) is 73.1 cm³/mol. The molecule has 2 aromatic rings. The minimum Gasteiger partial charge on any atom is -0.327 e. The van der Waals surface area contributed by atoms with Crippen LogP contribution < -0.4 is 11.4 Å². The van der Waals surface area contributed by atoms with E-state index in [1.807, 2.05) is 13.8 Å². The Morgan fingerprint density at radius 1 is 1.33 bits per heavy atom. The fraction of sp³-hybridized carbons (Fsp3) is 0.333. The summed E-state index contributed by atoms with van der Waals surface area (Å²) in [5.41, 5.74) is 4.25. The summed E-state index contributed by atoms with van der Waals surface area (Å²) < 4.78 is 26.9. The summed E-state index contributed by atoms with van der Waals surface area (Å²) >= 11 is 0. The molecule has 2 aromatic heterocycles. The number of aromatic nitrogens is 5. The van der Waals surface area contributed by atoms with Crippen molar-refractivity contribution in [2.75, 3.05) is 6.54 Å². The van der Waals surface area contributed by atoms with Crippen LogP contribution in [0.2, 0.25) is 0 Å². The molecule has 0 spiro atoms. The summed E-state index contributed by atoms with van der Waals surface area (Å²) in [6, 6.07) is 0. The summed E-state index contributed by atoms with van der Waals surface area (Å²) in [4.78, 5) is 19.7. The van der Waals surface area contributed by atoms with Crippen LogP contribution >= 0.6 is 0 Å². The van der Waals surface area contributed by atoms with Crippen molar-refractivity contribution in [3.63, 3.8) is 0 Å². The Kier molecular flexibility index (Phi) is 6.34. The first-order valence-corrected chi connectivity index (χ1v) is 6.27. The zero-order valence-electron chi connectivity index (χ0n) is 11.7. The number of nitrogens with two attached hydrogens (primary N) is 1. The Labute approximate surface area is 119 Å². The van der Waals surface area contributed by atoms with Gasteiger partial charge in [0, 0.05) is 24.5 Å². The molecule has 0 fully saturated rings. The van der Waals surface area contributed by atoms with Crippen molar-refractivity contribution >= 4 is 0 Å². The van der Waals surface area contributed by atoms with Gasteiger partial charge < -0.3 is 5.73 Å². The summed E-state index contributed by atoms with van der Waals surface area (Å²) in [5.74, 6) is 0.262. The van der Waals surface area contributed by atoms with Crippen LogP contribution in [0.3, 0.4) is 0 Å². The average molecular weight is 298 g/mol. The molecule has 0 bridgehead atoms. The second-order valence-corrected chi connectivity index (χ2v) is 3.57. The van der Waals surface area contributed by atoms with Gasteiger partial charge in [0.25, 0.3) is 6.08 Å². The molecule has 0 radical (unpaired) electrons. The third-order valence-electron chi connectivity index (χ3n) is 2.38. The van der Waals surface area contributed by atoms with Crippen LogP contribution in [0.5, 0.6) is 0 Å². The normalized spacial score (nSPS) is 9.76. The lowest BCUT2D eigenvalue weighted by Crippen LogP contribution is -2.26. The zero-order valence-corrected chi connectivity index (χ0v) is 11.7. The summed E-state index contributed by atoms with van der Waals surface area (Å²) in [6.45, 7) is 3.30. The molecule has 114 valence electrons. The molecule has 21 heavy (non-hydrogen) atoms. The second-order valence-electron chi connectivity index (χ2n) is 3.57. The zero-order chi connectivity index (χ0) is 15.8. The number of halogens is 2. The van der Waals surface area contributed by atoms with Gasteiger partial charge in [0.15, 0.2) is 5.82 Å². The van der Waals surface area contributed by atoms with Crippen molar-refractivity contribution in [2.45, 2.75) is 20.4 Å². The van der Waals surface area contributed by atoms with E-state index < -0.39 is 11.8 Å². The van der Waals surface area contributed by atoms with Crippen molar-refractivity contribution in [3.8, 4) is 5.82 Å². The molecule has 0 aliphatic heterocycles. The lowest BCUT2D eigenvalue weighted by atomic mass is 10.3. The van der Waals surface area contributed by atoms with Crippen LogP contribution in [0, 0.1) is 0 Å². The van der Waals surface area contributed by atoms with Crippen molar-refractivity contribution in [1.82, 2.24) is 24.3 Å². The van der Waals surface area contributed by atoms with Gasteiger partial charge in [-0.25, -0.2) is 19.0 Å². The van der Waals surface area contributed by atoms with Gasteiger partial charge in [0.05, 0.1) is 12.7 Å². The second kappa shape index (κ2) is 8.00. The van der Waals surface area contributed by atoms with Gasteiger partial charge >= 0.3 is 5.69 Å². The molecular weight excluding hydrogens is 282 g/mol. The Morgan fingerprint density at radius 3 is 2.57 bits per heavy atom. The lowest BCUT2D eigenvalue weighted by Gasteiger charge is -2.02. The Hall–Kier alpha value is -2.42. The third-order valence-corrected chi connectivity index (χ3v) is 2.38. The number of rotatable bonds is 4. The predicted octanol–water partition coefficient (Wildman–Crippen LogP) is 0.959. The average Bonchev–Trinajstić information content (AvgIpc) is 2.88. The van der Waals surface area contributed by atoms with Gasteiger partial charge in [-0.3, -0.25) is 4.98 Å². The van der Waals surface area contributed by atoms with Crippen molar-refractivity contribution in [3.05, 3.63) is 47.1 Å². The van der Waals surface area contributed by atoms with Crippen molar-refractivity contribution < 1.29 is 8.78 Å². The fourth-order valence-electron chi connectivity index (χ4n) is 1.40. The molecule has 9 heteroatoms. The maximum Gasteiger partial charge on any atom is 0.351 e. The van der Waals surface area contributed by atoms with Crippen LogP contribution in [-0.4, -0.2) is 30.9 Å². The molecule has 0 aromatic carbocycles. The molecule has 2 rings (SSSR count). The van der Waals surface area contributed by atoms with Gasteiger partial charge in [-0.05, 0) is 0 Å². The molecule has 0 atom stereocenters. The molecule has 0 saturated carbocycles. The lowest BCUT2D eigenvalue weighted by molar-refractivity contribution is 0.400. The molecule has 0 aliphatic rings. The SMILES string of the molecule is CC.NCC(Cn1ncn(-c2cnccn2)c1=O)=C(F)F. The number of hydrogen-bond donors (Lipinski definition) is 1. The van der Waals surface area contributed by atoms with E-state index in [-0.39, 0.29) is 24.5 Å². The first-order valence-electron chi connectivity index (χ1n) is 6.27. The molecule has 2 heterocycles. The topological polar surface area (TPSA) is 91.6 Å². The maximum absolute atomic E-state index is 12.5. The van der Waals surface area contributed by atoms with E-state index in [2.05, 4.69) is 15.1 Å². The Balaban J connectivity index is 0.00000106. The molecule has 0 aliphatic carbocycles. The van der Waals surface area contributed by atoms with Gasteiger partial charge in [0.1, 0.15) is 6.33 Å². The summed E-state index contributed by atoms with van der Waals surface area (Å²) in [5, 5.41) is 3.74. The molecule has 0 unspecified atom stereocenters. The van der Waals surface area contributed by atoms with E-state index in [1.54, 1.807) is 0 Å². The first-order chi connectivity index (χ1) is 10.1. The maximum atomic E-state index is 12.5. The van der Waals surface area contributed by atoms with Gasteiger partial charge in [-0.1, -0.05) is 13.8 Å². The minimum absolute atomic E-state index is 0.262. The van der Waals surface area contributed by atoms with Crippen LogP contribution in [0.25, 0.3) is 5.82 Å². The number of nitrogens with zero attached hydrogens (tertiary/aromatic N) is 5. The van der Waals surface area contributed by atoms with E-state index in [4.69, 9.17) is 5.73 Å². The summed E-state index contributed by atoms with van der Waals surface area (Å²) in [6.07, 6.45) is 3.51. The van der Waals surface area contributed by atoms with Crippen LogP contribution in [0.4, 0.5) is 8.78 Å². The monoisotopic (exact) mass is 298 g/mol. The number of hydrogen-bond acceptors (Lipinski definition) is 5. The highest BCUT2D eigenvalue weighted by molar-refractivity contribution is 5.15. The van der Waals surface area contributed by atoms with E-state index in [0.717, 1.165) is 9.25 Å². The van der Waals surface area contributed by atoms with E-state index in [1.165, 1.54) is 24.9 Å². The first kappa shape index (κ1) is 16.6.